The zero-order valence-electron chi connectivity index (χ0n) is 10.8. The van der Waals surface area contributed by atoms with Crippen LogP contribution < -0.4 is 0 Å². The number of aromatic hydroxyl groups is 1. The van der Waals surface area contributed by atoms with Crippen LogP contribution in [0.25, 0.3) is 22.0 Å². The van der Waals surface area contributed by atoms with E-state index in [4.69, 9.17) is 4.74 Å². The predicted octanol–water partition coefficient (Wildman–Crippen LogP) is 2.72. The molecule has 20 heavy (non-hydrogen) atoms. The van der Waals surface area contributed by atoms with Crippen molar-refractivity contribution in [3.05, 3.63) is 48.4 Å². The molecule has 100 valence electrons. The lowest BCUT2D eigenvalue weighted by atomic mass is 9.99. The Morgan fingerprint density at radius 1 is 1.30 bits per heavy atom. The maximum Gasteiger partial charge on any atom is 0.337 e. The Kier molecular flexibility index (Phi) is 2.87. The fraction of sp³-hybridized carbons (Fsp3) is 0.0667. The lowest BCUT2D eigenvalue weighted by Gasteiger charge is -2.08. The first-order chi connectivity index (χ1) is 9.69. The van der Waals surface area contributed by atoms with Crippen molar-refractivity contribution in [2.75, 3.05) is 7.11 Å². The van der Waals surface area contributed by atoms with Gasteiger partial charge < -0.3 is 14.8 Å². The molecule has 1 aromatic heterocycles. The molecule has 0 atom stereocenters. The minimum Gasteiger partial charge on any atom is -0.508 e. The molecule has 0 bridgehead atoms. The molecule has 0 amide bonds. The Morgan fingerprint density at radius 3 is 2.85 bits per heavy atom. The molecular formula is C15H12N2O3. The van der Waals surface area contributed by atoms with Gasteiger partial charge in [-0.3, -0.25) is 0 Å². The van der Waals surface area contributed by atoms with E-state index < -0.39 is 5.97 Å². The number of H-pyrrole nitrogens is 1. The van der Waals surface area contributed by atoms with Crippen LogP contribution in [0.3, 0.4) is 0 Å². The number of fused-ring (bicyclic) bond motifs is 1. The zero-order chi connectivity index (χ0) is 14.1. The van der Waals surface area contributed by atoms with E-state index in [2.05, 4.69) is 9.97 Å². The average Bonchev–Trinajstić information content (AvgIpc) is 2.98. The minimum atomic E-state index is -0.420. The molecule has 2 aromatic carbocycles. The number of rotatable bonds is 2. The van der Waals surface area contributed by atoms with Gasteiger partial charge in [0.2, 0.25) is 0 Å². The highest BCUT2D eigenvalue weighted by Crippen LogP contribution is 2.31. The molecule has 0 aliphatic rings. The summed E-state index contributed by atoms with van der Waals surface area (Å²) in [6.45, 7) is 0. The van der Waals surface area contributed by atoms with E-state index in [1.807, 2.05) is 6.07 Å². The summed E-state index contributed by atoms with van der Waals surface area (Å²) in [5.41, 5.74) is 2.06. The minimum absolute atomic E-state index is 0.148. The van der Waals surface area contributed by atoms with E-state index >= 15 is 0 Å². The van der Waals surface area contributed by atoms with E-state index in [1.54, 1.807) is 36.8 Å². The van der Waals surface area contributed by atoms with Crippen molar-refractivity contribution >= 4 is 16.7 Å². The van der Waals surface area contributed by atoms with Gasteiger partial charge in [0, 0.05) is 5.56 Å². The molecule has 0 fully saturated rings. The van der Waals surface area contributed by atoms with Gasteiger partial charge in [0.15, 0.2) is 0 Å². The number of methoxy groups -OCH3 is 1. The van der Waals surface area contributed by atoms with Crippen LogP contribution in [-0.2, 0) is 4.74 Å². The molecule has 0 unspecified atom stereocenters. The number of aromatic nitrogens is 2. The Labute approximate surface area is 114 Å². The normalized spacial score (nSPS) is 10.7. The van der Waals surface area contributed by atoms with Crippen molar-refractivity contribution in [3.63, 3.8) is 0 Å². The predicted molar refractivity (Wildman–Crippen MR) is 74.5 cm³/mol. The highest BCUT2D eigenvalue weighted by molar-refractivity contribution is 6.03. The number of hydrogen-bond donors (Lipinski definition) is 2. The lowest BCUT2D eigenvalue weighted by molar-refractivity contribution is 0.0601. The van der Waals surface area contributed by atoms with Gasteiger partial charge in [-0.1, -0.05) is 6.07 Å². The number of esters is 1. The van der Waals surface area contributed by atoms with Crippen LogP contribution in [0.4, 0.5) is 0 Å². The van der Waals surface area contributed by atoms with Crippen molar-refractivity contribution < 1.29 is 14.6 Å². The van der Waals surface area contributed by atoms with E-state index in [0.717, 1.165) is 22.0 Å². The second kappa shape index (κ2) is 4.70. The summed E-state index contributed by atoms with van der Waals surface area (Å²) in [7, 11) is 1.34. The fourth-order valence-corrected chi connectivity index (χ4v) is 2.22. The molecule has 0 saturated carbocycles. The van der Waals surface area contributed by atoms with Gasteiger partial charge in [-0.25, -0.2) is 9.78 Å². The summed E-state index contributed by atoms with van der Waals surface area (Å²) in [5, 5.41) is 11.3. The standard InChI is InChI=1S/C15H12N2O3/c1-20-15(19)10-4-9-5-11(18)2-3-12(9)13(6-10)14-7-16-8-17-14/h2-8,18H,1H3,(H,16,17). The quantitative estimate of drug-likeness (QED) is 0.701. The molecule has 0 spiro atoms. The second-order valence-corrected chi connectivity index (χ2v) is 4.39. The van der Waals surface area contributed by atoms with Gasteiger partial charge in [-0.15, -0.1) is 0 Å². The van der Waals surface area contributed by atoms with Gasteiger partial charge in [0.25, 0.3) is 0 Å². The Balaban J connectivity index is 2.33. The van der Waals surface area contributed by atoms with Gasteiger partial charge in [0.1, 0.15) is 5.75 Å². The summed E-state index contributed by atoms with van der Waals surface area (Å²) < 4.78 is 4.76. The molecule has 0 aliphatic carbocycles. The van der Waals surface area contributed by atoms with Crippen LogP contribution >= 0.6 is 0 Å². The Hall–Kier alpha value is -2.82. The van der Waals surface area contributed by atoms with Gasteiger partial charge >= 0.3 is 5.97 Å². The number of ether oxygens (including phenoxy) is 1. The number of hydrogen-bond acceptors (Lipinski definition) is 4. The molecule has 3 rings (SSSR count). The van der Waals surface area contributed by atoms with Crippen molar-refractivity contribution in [1.29, 1.82) is 0 Å². The van der Waals surface area contributed by atoms with Crippen molar-refractivity contribution in [2.24, 2.45) is 0 Å². The zero-order valence-corrected chi connectivity index (χ0v) is 10.8. The second-order valence-electron chi connectivity index (χ2n) is 4.39. The molecule has 0 saturated heterocycles. The lowest BCUT2D eigenvalue weighted by Crippen LogP contribution is -2.01. The highest BCUT2D eigenvalue weighted by Gasteiger charge is 2.13. The molecule has 1 heterocycles. The van der Waals surface area contributed by atoms with Crippen LogP contribution in [0.15, 0.2) is 42.9 Å². The summed E-state index contributed by atoms with van der Waals surface area (Å²) in [6.07, 6.45) is 3.26. The maximum absolute atomic E-state index is 11.8. The number of benzene rings is 2. The van der Waals surface area contributed by atoms with Crippen LogP contribution in [-0.4, -0.2) is 28.2 Å². The molecule has 5 heteroatoms. The molecule has 3 aromatic rings. The fourth-order valence-electron chi connectivity index (χ4n) is 2.22. The topological polar surface area (TPSA) is 75.2 Å². The number of phenols is 1. The van der Waals surface area contributed by atoms with Crippen molar-refractivity contribution in [1.82, 2.24) is 9.97 Å². The van der Waals surface area contributed by atoms with Crippen LogP contribution in [0.5, 0.6) is 5.75 Å². The molecule has 5 nitrogen and oxygen atoms in total. The van der Waals surface area contributed by atoms with Crippen molar-refractivity contribution in [2.45, 2.75) is 0 Å². The summed E-state index contributed by atoms with van der Waals surface area (Å²) >= 11 is 0. The number of imidazole rings is 1. The van der Waals surface area contributed by atoms with Crippen molar-refractivity contribution in [3.8, 4) is 17.0 Å². The summed E-state index contributed by atoms with van der Waals surface area (Å²) in [6, 6.07) is 8.48. The third-order valence-electron chi connectivity index (χ3n) is 3.15. The van der Waals surface area contributed by atoms with E-state index in [1.165, 1.54) is 7.11 Å². The maximum atomic E-state index is 11.8. The van der Waals surface area contributed by atoms with Gasteiger partial charge in [-0.05, 0) is 35.0 Å². The van der Waals surface area contributed by atoms with E-state index in [9.17, 15) is 9.90 Å². The van der Waals surface area contributed by atoms with Gasteiger partial charge in [0.05, 0.1) is 30.9 Å². The molecule has 0 radical (unpaired) electrons. The largest absolute Gasteiger partial charge is 0.508 e. The molecular weight excluding hydrogens is 256 g/mol. The van der Waals surface area contributed by atoms with Crippen LogP contribution in [0.1, 0.15) is 10.4 Å². The van der Waals surface area contributed by atoms with Gasteiger partial charge in [-0.2, -0.15) is 0 Å². The monoisotopic (exact) mass is 268 g/mol. The number of aromatic amines is 1. The Morgan fingerprint density at radius 2 is 2.15 bits per heavy atom. The third kappa shape index (κ3) is 1.99. The van der Waals surface area contributed by atoms with Crippen LogP contribution in [0, 0.1) is 0 Å². The number of phenolic OH excluding ortho intramolecular Hbond substituents is 1. The van der Waals surface area contributed by atoms with E-state index in [0.29, 0.717) is 5.56 Å². The number of carbonyl (C=O) groups excluding carboxylic acids is 1. The molecule has 0 aliphatic heterocycles. The number of nitrogens with zero attached hydrogens (tertiary/aromatic N) is 1. The summed E-state index contributed by atoms with van der Waals surface area (Å²) in [4.78, 5) is 18.8. The molecule has 2 N–H and O–H groups in total. The van der Waals surface area contributed by atoms with E-state index in [-0.39, 0.29) is 5.75 Å². The highest BCUT2D eigenvalue weighted by atomic mass is 16.5. The average molecular weight is 268 g/mol. The first-order valence-electron chi connectivity index (χ1n) is 6.03. The first kappa shape index (κ1) is 12.2. The smallest absolute Gasteiger partial charge is 0.337 e. The first-order valence-corrected chi connectivity index (χ1v) is 6.03. The number of nitrogens with one attached hydrogen (secondary N) is 1. The number of carbonyl (C=O) groups is 1. The SMILES string of the molecule is COC(=O)c1cc(-c2cnc[nH]2)c2ccc(O)cc2c1. The van der Waals surface area contributed by atoms with Crippen LogP contribution in [0.2, 0.25) is 0 Å². The third-order valence-corrected chi connectivity index (χ3v) is 3.15. The summed E-state index contributed by atoms with van der Waals surface area (Å²) in [5.74, 6) is -0.272. The Bertz CT molecular complexity index is 779.